The van der Waals surface area contributed by atoms with Crippen molar-refractivity contribution in [1.82, 2.24) is 28.9 Å². The Balaban J connectivity index is 1.35. The normalized spacial score (nSPS) is 11.2. The van der Waals surface area contributed by atoms with Crippen molar-refractivity contribution in [3.63, 3.8) is 0 Å². The maximum atomic E-state index is 13.7. The molecule has 6 aromatic rings. The van der Waals surface area contributed by atoms with E-state index in [0.29, 0.717) is 46.2 Å². The van der Waals surface area contributed by atoms with Crippen molar-refractivity contribution in [2.24, 2.45) is 14.1 Å². The summed E-state index contributed by atoms with van der Waals surface area (Å²) in [5, 5.41) is 9.80. The predicted octanol–water partition coefficient (Wildman–Crippen LogP) is 4.37. The molecule has 0 saturated carbocycles. The number of amides is 2. The molecule has 2 aromatic carbocycles. The minimum Gasteiger partial charge on any atom is -0.381 e. The molecule has 0 fully saturated rings. The summed E-state index contributed by atoms with van der Waals surface area (Å²) in [6.45, 7) is 3.86. The number of benzene rings is 2. The molecule has 0 bridgehead atoms. The molecule has 4 aromatic heterocycles. The van der Waals surface area contributed by atoms with Crippen molar-refractivity contribution in [3.8, 4) is 16.8 Å². The zero-order chi connectivity index (χ0) is 32.0. The minimum absolute atomic E-state index is 0.0322. The number of nitrogens with zero attached hydrogens (tertiary/aromatic N) is 6. The van der Waals surface area contributed by atoms with Gasteiger partial charge in [0.2, 0.25) is 0 Å². The van der Waals surface area contributed by atoms with E-state index in [-0.39, 0.29) is 27.3 Å². The second-order valence-electron chi connectivity index (χ2n) is 10.3. The van der Waals surface area contributed by atoms with Gasteiger partial charge in [-0.15, -0.1) is 0 Å². The number of rotatable bonds is 7. The van der Waals surface area contributed by atoms with Crippen LogP contribution < -0.4 is 21.8 Å². The predicted molar refractivity (Wildman–Crippen MR) is 169 cm³/mol. The van der Waals surface area contributed by atoms with Gasteiger partial charge in [0.25, 0.3) is 22.9 Å². The Bertz CT molecular complexity index is 2240. The smallest absolute Gasteiger partial charge is 0.290 e. The number of carbonyl (C=O) groups excluding carboxylic acids is 2. The van der Waals surface area contributed by atoms with E-state index in [9.17, 15) is 19.2 Å². The Hall–Kier alpha value is -5.69. The summed E-state index contributed by atoms with van der Waals surface area (Å²) < 4.78 is 11.2. The van der Waals surface area contributed by atoms with Gasteiger partial charge in [-0.25, -0.2) is 9.67 Å². The van der Waals surface area contributed by atoms with Crippen LogP contribution >= 0.6 is 11.6 Å². The first kappa shape index (κ1) is 29.4. The molecule has 228 valence electrons. The van der Waals surface area contributed by atoms with Gasteiger partial charge in [0, 0.05) is 44.2 Å². The van der Waals surface area contributed by atoms with E-state index in [1.54, 1.807) is 78.1 Å². The number of aryl methyl sites for hydroxylation is 4. The number of hydrogen-bond donors (Lipinski definition) is 2. The summed E-state index contributed by atoms with van der Waals surface area (Å²) in [5.41, 5.74) is 1.77. The maximum Gasteiger partial charge on any atom is 0.290 e. The van der Waals surface area contributed by atoms with Crippen molar-refractivity contribution < 1.29 is 14.1 Å². The standard InChI is InChI=1S/C31H27ClN8O5/c1-5-39-27-22(30(43)40(39)21-11-9-18(10-12-21)25-17(2)45-38(4)31(25)44)16-23(32)34-26(27)29(42)33-20-8-6-7-19(15-20)28(41)35-24-13-14-37(3)36-24/h6-16H,5H2,1-4H3,(H,33,42)(H,35,36,41). The van der Waals surface area contributed by atoms with E-state index in [1.165, 1.54) is 23.9 Å². The molecular weight excluding hydrogens is 600 g/mol. The van der Waals surface area contributed by atoms with E-state index in [1.807, 2.05) is 6.92 Å². The van der Waals surface area contributed by atoms with Gasteiger partial charge in [-0.3, -0.25) is 28.5 Å². The SMILES string of the molecule is CCn1c2c(C(=O)Nc3cccc(C(=O)Nc4ccn(C)n4)c3)nc(Cl)cc2c(=O)n1-c1ccc(-c2c(C)on(C)c2=O)cc1. The fraction of sp³-hybridized carbons (Fsp3) is 0.161. The number of nitrogens with one attached hydrogen (secondary N) is 2. The Kier molecular flexibility index (Phi) is 7.46. The lowest BCUT2D eigenvalue weighted by Crippen LogP contribution is -2.21. The topological polar surface area (TPSA) is 151 Å². The number of hydrogen-bond acceptors (Lipinski definition) is 7. The second-order valence-corrected chi connectivity index (χ2v) is 10.6. The second kappa shape index (κ2) is 11.4. The highest BCUT2D eigenvalue weighted by molar-refractivity contribution is 6.30. The van der Waals surface area contributed by atoms with Crippen molar-refractivity contribution in [1.29, 1.82) is 0 Å². The van der Waals surface area contributed by atoms with Crippen molar-refractivity contribution >= 4 is 45.8 Å². The molecular formula is C31H27ClN8O5. The zero-order valence-electron chi connectivity index (χ0n) is 24.7. The number of pyridine rings is 1. The first-order valence-corrected chi connectivity index (χ1v) is 14.3. The lowest BCUT2D eigenvalue weighted by molar-refractivity contribution is 0.101. The highest BCUT2D eigenvalue weighted by Crippen LogP contribution is 2.25. The van der Waals surface area contributed by atoms with E-state index >= 15 is 0 Å². The monoisotopic (exact) mass is 626 g/mol. The summed E-state index contributed by atoms with van der Waals surface area (Å²) in [5.74, 6) is -0.157. The summed E-state index contributed by atoms with van der Waals surface area (Å²) in [6.07, 6.45) is 1.70. The number of halogens is 1. The largest absolute Gasteiger partial charge is 0.381 e. The third kappa shape index (κ3) is 5.33. The molecule has 13 nitrogen and oxygen atoms in total. The molecule has 2 amide bonds. The number of anilines is 2. The number of fused-ring (bicyclic) bond motifs is 1. The lowest BCUT2D eigenvalue weighted by Gasteiger charge is -2.13. The van der Waals surface area contributed by atoms with E-state index < -0.39 is 17.4 Å². The molecule has 14 heteroatoms. The van der Waals surface area contributed by atoms with Gasteiger partial charge in [0.1, 0.15) is 16.4 Å². The quantitative estimate of drug-likeness (QED) is 0.250. The average molecular weight is 627 g/mol. The Morgan fingerprint density at radius 1 is 0.956 bits per heavy atom. The molecule has 0 atom stereocenters. The Morgan fingerprint density at radius 3 is 2.36 bits per heavy atom. The summed E-state index contributed by atoms with van der Waals surface area (Å²) in [7, 11) is 3.28. The van der Waals surface area contributed by atoms with Crippen LogP contribution in [0.15, 0.2) is 81.0 Å². The Labute approximate surface area is 260 Å². The number of carbonyl (C=O) groups is 2. The van der Waals surface area contributed by atoms with Crippen LogP contribution in [0.25, 0.3) is 27.7 Å². The minimum atomic E-state index is -0.620. The molecule has 45 heavy (non-hydrogen) atoms. The van der Waals surface area contributed by atoms with Crippen LogP contribution in [0.2, 0.25) is 5.15 Å². The maximum absolute atomic E-state index is 13.7. The molecule has 0 saturated heterocycles. The highest BCUT2D eigenvalue weighted by Gasteiger charge is 2.24. The van der Waals surface area contributed by atoms with Gasteiger partial charge in [0.05, 0.1) is 16.6 Å². The van der Waals surface area contributed by atoms with Crippen molar-refractivity contribution in [2.75, 3.05) is 10.6 Å². The fourth-order valence-corrected chi connectivity index (χ4v) is 5.46. The van der Waals surface area contributed by atoms with Gasteiger partial charge in [-0.05, 0) is 55.8 Å². The molecule has 6 rings (SSSR count). The molecule has 0 aliphatic rings. The molecule has 4 heterocycles. The van der Waals surface area contributed by atoms with Gasteiger partial charge < -0.3 is 15.2 Å². The van der Waals surface area contributed by atoms with Crippen LogP contribution in [0.3, 0.4) is 0 Å². The third-order valence-corrected chi connectivity index (χ3v) is 7.46. The van der Waals surface area contributed by atoms with Crippen molar-refractivity contribution in [2.45, 2.75) is 20.4 Å². The first-order valence-electron chi connectivity index (χ1n) is 13.9. The lowest BCUT2D eigenvalue weighted by atomic mass is 10.1. The van der Waals surface area contributed by atoms with Gasteiger partial charge >= 0.3 is 0 Å². The van der Waals surface area contributed by atoms with E-state index in [0.717, 1.165) is 4.74 Å². The Morgan fingerprint density at radius 2 is 1.71 bits per heavy atom. The summed E-state index contributed by atoms with van der Waals surface area (Å²) in [4.78, 5) is 57.0. The molecule has 0 radical (unpaired) electrons. The molecule has 0 unspecified atom stereocenters. The average Bonchev–Trinajstić information content (AvgIpc) is 3.64. The fourth-order valence-electron chi connectivity index (χ4n) is 5.26. The van der Waals surface area contributed by atoms with Gasteiger partial charge in [0.15, 0.2) is 11.5 Å². The zero-order valence-corrected chi connectivity index (χ0v) is 25.4. The number of aromatic nitrogens is 6. The van der Waals surface area contributed by atoms with Crippen LogP contribution in [0.5, 0.6) is 0 Å². The van der Waals surface area contributed by atoms with Crippen molar-refractivity contribution in [3.05, 3.63) is 110 Å². The summed E-state index contributed by atoms with van der Waals surface area (Å²) in [6, 6.07) is 16.4. The van der Waals surface area contributed by atoms with Gasteiger partial charge in [-0.2, -0.15) is 9.84 Å². The van der Waals surface area contributed by atoms with Crippen LogP contribution in [-0.4, -0.2) is 40.7 Å². The molecule has 2 N–H and O–H groups in total. The van der Waals surface area contributed by atoms with Crippen LogP contribution in [0.1, 0.15) is 33.5 Å². The van der Waals surface area contributed by atoms with Crippen LogP contribution in [0, 0.1) is 6.92 Å². The van der Waals surface area contributed by atoms with E-state index in [4.69, 9.17) is 16.1 Å². The molecule has 0 aliphatic carbocycles. The molecule has 0 spiro atoms. The highest BCUT2D eigenvalue weighted by atomic mass is 35.5. The third-order valence-electron chi connectivity index (χ3n) is 7.26. The van der Waals surface area contributed by atoms with Gasteiger partial charge in [-0.1, -0.05) is 29.8 Å². The summed E-state index contributed by atoms with van der Waals surface area (Å²) >= 11 is 6.31. The molecule has 0 aliphatic heterocycles. The van der Waals surface area contributed by atoms with E-state index in [2.05, 4.69) is 20.7 Å². The van der Waals surface area contributed by atoms with Crippen LogP contribution in [-0.2, 0) is 20.6 Å². The first-order chi connectivity index (χ1) is 21.5. The van der Waals surface area contributed by atoms with Crippen LogP contribution in [0.4, 0.5) is 11.5 Å².